The summed E-state index contributed by atoms with van der Waals surface area (Å²) in [5.41, 5.74) is 0.295. The third-order valence-electron chi connectivity index (χ3n) is 6.90. The normalized spacial score (nSPS) is 41.0. The van der Waals surface area contributed by atoms with Gasteiger partial charge in [-0.3, -0.25) is 14.9 Å². The molecule has 4 amide bonds. The average Bonchev–Trinajstić information content (AvgIpc) is 2.81. The lowest BCUT2D eigenvalue weighted by atomic mass is 9.48. The second-order valence-electron chi connectivity index (χ2n) is 8.62. The molecular formula is C18H27N3O3. The fraction of sp³-hybridized carbons (Fsp3) is 0.833. The number of carbonyl (C=O) groups excluding carboxylic acids is 3. The summed E-state index contributed by atoms with van der Waals surface area (Å²) in [5.74, 6) is 2.27. The van der Waals surface area contributed by atoms with Crippen LogP contribution in [0.15, 0.2) is 0 Å². The van der Waals surface area contributed by atoms with E-state index in [0.29, 0.717) is 11.8 Å². The van der Waals surface area contributed by atoms with Crippen LogP contribution in [0.4, 0.5) is 4.79 Å². The van der Waals surface area contributed by atoms with Gasteiger partial charge in [-0.25, -0.2) is 4.79 Å². The first-order valence-corrected chi connectivity index (χ1v) is 9.34. The smallest absolute Gasteiger partial charge is 0.322 e. The van der Waals surface area contributed by atoms with Crippen molar-refractivity contribution in [2.24, 2.45) is 23.2 Å². The van der Waals surface area contributed by atoms with Gasteiger partial charge in [-0.2, -0.15) is 0 Å². The monoisotopic (exact) mass is 333 g/mol. The van der Waals surface area contributed by atoms with Crippen molar-refractivity contribution in [2.45, 2.75) is 70.4 Å². The van der Waals surface area contributed by atoms with E-state index in [0.717, 1.165) is 17.8 Å². The molecule has 6 nitrogen and oxygen atoms in total. The molecule has 1 heterocycles. The molecule has 2 atom stereocenters. The maximum absolute atomic E-state index is 12.3. The van der Waals surface area contributed by atoms with Crippen molar-refractivity contribution in [3.05, 3.63) is 0 Å². The van der Waals surface area contributed by atoms with Gasteiger partial charge in [-0.1, -0.05) is 0 Å². The Kier molecular flexibility index (Phi) is 3.81. The molecule has 5 fully saturated rings. The molecule has 0 unspecified atom stereocenters. The molecule has 132 valence electrons. The van der Waals surface area contributed by atoms with Crippen LogP contribution in [0.25, 0.3) is 0 Å². The molecule has 0 aromatic heterocycles. The fourth-order valence-corrected chi connectivity index (χ4v) is 6.11. The van der Waals surface area contributed by atoms with E-state index in [1.54, 1.807) is 0 Å². The quantitative estimate of drug-likeness (QED) is 0.669. The Labute approximate surface area is 142 Å². The van der Waals surface area contributed by atoms with Crippen LogP contribution in [0, 0.1) is 23.2 Å². The van der Waals surface area contributed by atoms with Gasteiger partial charge in [0.1, 0.15) is 6.04 Å². The summed E-state index contributed by atoms with van der Waals surface area (Å²) in [6, 6.07) is -0.837. The maximum Gasteiger partial charge on any atom is 0.322 e. The molecule has 4 aliphatic carbocycles. The van der Waals surface area contributed by atoms with Crippen LogP contribution in [-0.2, 0) is 9.59 Å². The molecule has 4 bridgehead atoms. The van der Waals surface area contributed by atoms with E-state index in [-0.39, 0.29) is 24.3 Å². The van der Waals surface area contributed by atoms with E-state index in [9.17, 15) is 14.4 Å². The van der Waals surface area contributed by atoms with E-state index < -0.39 is 12.1 Å². The summed E-state index contributed by atoms with van der Waals surface area (Å²) < 4.78 is 0. The fourth-order valence-electron chi connectivity index (χ4n) is 6.11. The van der Waals surface area contributed by atoms with Gasteiger partial charge in [0.05, 0.1) is 0 Å². The number of rotatable bonds is 5. The van der Waals surface area contributed by atoms with Crippen LogP contribution in [-0.4, -0.2) is 29.9 Å². The van der Waals surface area contributed by atoms with Gasteiger partial charge < -0.3 is 10.6 Å². The molecular weight excluding hydrogens is 306 g/mol. The van der Waals surface area contributed by atoms with Crippen molar-refractivity contribution >= 4 is 17.8 Å². The van der Waals surface area contributed by atoms with Gasteiger partial charge in [0, 0.05) is 12.5 Å². The minimum absolute atomic E-state index is 0.00723. The highest BCUT2D eigenvalue weighted by atomic mass is 16.2. The molecule has 0 aromatic rings. The SMILES string of the molecule is C[C@H](NC(=O)CC[C@@H]1NC(=O)NC1=O)C12CC3CC(CC(C3)C1)C2. The number of carbonyl (C=O) groups is 3. The van der Waals surface area contributed by atoms with E-state index in [1.807, 2.05) is 0 Å². The second kappa shape index (κ2) is 5.74. The van der Waals surface area contributed by atoms with Crippen LogP contribution in [0.5, 0.6) is 0 Å². The highest BCUT2D eigenvalue weighted by Gasteiger charge is 2.53. The number of nitrogens with one attached hydrogen (secondary N) is 3. The number of amides is 4. The summed E-state index contributed by atoms with van der Waals surface area (Å²) in [6.45, 7) is 2.16. The first-order valence-electron chi connectivity index (χ1n) is 9.34. The zero-order valence-electron chi connectivity index (χ0n) is 14.3. The average molecular weight is 333 g/mol. The molecule has 6 heteroatoms. The molecule has 1 aliphatic heterocycles. The molecule has 0 aromatic carbocycles. The summed E-state index contributed by atoms with van der Waals surface area (Å²) in [6.07, 6.45) is 8.62. The Balaban J connectivity index is 1.31. The van der Waals surface area contributed by atoms with Crippen LogP contribution < -0.4 is 16.0 Å². The van der Waals surface area contributed by atoms with Gasteiger partial charge in [-0.15, -0.1) is 0 Å². The minimum Gasteiger partial charge on any atom is -0.353 e. The van der Waals surface area contributed by atoms with Crippen LogP contribution in [0.3, 0.4) is 0 Å². The number of hydrogen-bond acceptors (Lipinski definition) is 3. The van der Waals surface area contributed by atoms with Crippen molar-refractivity contribution < 1.29 is 14.4 Å². The molecule has 5 aliphatic rings. The van der Waals surface area contributed by atoms with Crippen molar-refractivity contribution in [2.75, 3.05) is 0 Å². The molecule has 3 N–H and O–H groups in total. The van der Waals surface area contributed by atoms with Crippen molar-refractivity contribution in [1.82, 2.24) is 16.0 Å². The number of hydrogen-bond donors (Lipinski definition) is 3. The zero-order chi connectivity index (χ0) is 16.9. The topological polar surface area (TPSA) is 87.3 Å². The van der Waals surface area contributed by atoms with Crippen molar-refractivity contribution in [3.8, 4) is 0 Å². The summed E-state index contributed by atoms with van der Waals surface area (Å²) in [5, 5.41) is 7.94. The first kappa shape index (κ1) is 15.9. The molecule has 24 heavy (non-hydrogen) atoms. The second-order valence-corrected chi connectivity index (χ2v) is 8.62. The molecule has 5 rings (SSSR count). The number of urea groups is 1. The largest absolute Gasteiger partial charge is 0.353 e. The molecule has 0 spiro atoms. The summed E-state index contributed by atoms with van der Waals surface area (Å²) in [7, 11) is 0. The molecule has 0 radical (unpaired) electrons. The van der Waals surface area contributed by atoms with E-state index in [1.165, 1.54) is 38.5 Å². The van der Waals surface area contributed by atoms with Crippen LogP contribution in [0.2, 0.25) is 0 Å². The van der Waals surface area contributed by atoms with E-state index in [4.69, 9.17) is 0 Å². The lowest BCUT2D eigenvalue weighted by Gasteiger charge is -2.59. The van der Waals surface area contributed by atoms with Crippen molar-refractivity contribution in [1.29, 1.82) is 0 Å². The first-order chi connectivity index (χ1) is 11.4. The minimum atomic E-state index is -0.571. The lowest BCUT2D eigenvalue weighted by Crippen LogP contribution is -2.55. The predicted octanol–water partition coefficient (Wildman–Crippen LogP) is 1.70. The summed E-state index contributed by atoms with van der Waals surface area (Å²) in [4.78, 5) is 35.0. The van der Waals surface area contributed by atoms with Gasteiger partial charge >= 0.3 is 6.03 Å². The Morgan fingerprint density at radius 2 is 1.75 bits per heavy atom. The maximum atomic E-state index is 12.3. The Bertz CT molecular complexity index is 539. The third kappa shape index (κ3) is 2.80. The van der Waals surface area contributed by atoms with Gasteiger partial charge in [-0.05, 0) is 75.0 Å². The Morgan fingerprint density at radius 3 is 2.25 bits per heavy atom. The van der Waals surface area contributed by atoms with Gasteiger partial charge in [0.15, 0.2) is 0 Å². The van der Waals surface area contributed by atoms with Crippen molar-refractivity contribution in [3.63, 3.8) is 0 Å². The predicted molar refractivity (Wildman–Crippen MR) is 87.9 cm³/mol. The van der Waals surface area contributed by atoms with Crippen LogP contribution in [0.1, 0.15) is 58.3 Å². The Hall–Kier alpha value is -1.59. The molecule has 1 saturated heterocycles. The Morgan fingerprint density at radius 1 is 1.17 bits per heavy atom. The standard InChI is InChI=1S/C18H27N3O3/c1-10(18-7-11-4-12(8-18)6-13(5-11)9-18)19-15(22)3-2-14-16(23)21-17(24)20-14/h10-14H,2-9H2,1H3,(H,19,22)(H2,20,21,23,24)/t10-,11?,12?,13?,14-,18?/m0/s1. The zero-order valence-corrected chi connectivity index (χ0v) is 14.3. The highest BCUT2D eigenvalue weighted by molar-refractivity contribution is 6.04. The van der Waals surface area contributed by atoms with Gasteiger partial charge in [0.2, 0.25) is 5.91 Å². The number of imide groups is 1. The summed E-state index contributed by atoms with van der Waals surface area (Å²) >= 11 is 0. The highest BCUT2D eigenvalue weighted by Crippen LogP contribution is 2.61. The van der Waals surface area contributed by atoms with Gasteiger partial charge in [0.25, 0.3) is 5.91 Å². The molecule has 4 saturated carbocycles. The van der Waals surface area contributed by atoms with Crippen LogP contribution >= 0.6 is 0 Å². The lowest BCUT2D eigenvalue weighted by molar-refractivity contribution is -0.126. The van der Waals surface area contributed by atoms with E-state index >= 15 is 0 Å². The van der Waals surface area contributed by atoms with E-state index in [2.05, 4.69) is 22.9 Å². The third-order valence-corrected chi connectivity index (χ3v) is 6.90.